The summed E-state index contributed by atoms with van der Waals surface area (Å²) >= 11 is 3.38. The van der Waals surface area contributed by atoms with E-state index in [0.717, 1.165) is 28.4 Å². The number of benzene rings is 1. The molecule has 1 fully saturated rings. The first kappa shape index (κ1) is 11.5. The molecule has 0 spiro atoms. The summed E-state index contributed by atoms with van der Waals surface area (Å²) < 4.78 is 0.833. The van der Waals surface area contributed by atoms with Crippen molar-refractivity contribution in [1.29, 1.82) is 0 Å². The van der Waals surface area contributed by atoms with Crippen LogP contribution in [0.5, 0.6) is 5.75 Å². The summed E-state index contributed by atoms with van der Waals surface area (Å²) in [6.45, 7) is 1.82. The van der Waals surface area contributed by atoms with E-state index in [1.165, 1.54) is 0 Å². The number of carboxylic acid groups (broad SMARTS) is 1. The molecule has 1 aromatic carbocycles. The Morgan fingerprint density at radius 2 is 2.12 bits per heavy atom. The van der Waals surface area contributed by atoms with E-state index in [2.05, 4.69) is 15.9 Å². The Bertz CT molecular complexity index is 427. The second-order valence-electron chi connectivity index (χ2n) is 4.45. The molecule has 1 aromatic rings. The van der Waals surface area contributed by atoms with Crippen LogP contribution in [0.4, 0.5) is 0 Å². The lowest BCUT2D eigenvalue weighted by atomic mass is 9.91. The minimum atomic E-state index is -0.784. The number of phenols is 1. The highest BCUT2D eigenvalue weighted by Gasteiger charge is 2.46. The van der Waals surface area contributed by atoms with Crippen LogP contribution in [0.15, 0.2) is 16.6 Å². The monoisotopic (exact) mass is 284 g/mol. The van der Waals surface area contributed by atoms with E-state index in [1.807, 2.05) is 13.0 Å². The zero-order valence-electron chi connectivity index (χ0n) is 8.96. The minimum absolute atomic E-state index is 0.141. The first-order valence-electron chi connectivity index (χ1n) is 5.16. The highest BCUT2D eigenvalue weighted by atomic mass is 79.9. The highest BCUT2D eigenvalue weighted by Crippen LogP contribution is 2.52. The molecule has 4 heteroatoms. The van der Waals surface area contributed by atoms with Crippen LogP contribution in [-0.2, 0) is 10.2 Å². The van der Waals surface area contributed by atoms with Crippen molar-refractivity contribution < 1.29 is 15.0 Å². The lowest BCUT2D eigenvalue weighted by Gasteiger charge is -2.15. The van der Waals surface area contributed by atoms with Crippen molar-refractivity contribution in [2.75, 3.05) is 0 Å². The standard InChI is InChI=1S/C12H13BrO3/c1-7-9(13)4-8(5-10(7)14)12(2-3-12)6-11(15)16/h4-5,14H,2-3,6H2,1H3,(H,15,16). The molecular formula is C12H13BrO3. The van der Waals surface area contributed by atoms with Crippen LogP contribution in [0.3, 0.4) is 0 Å². The number of carboxylic acids is 1. The second kappa shape index (κ2) is 3.77. The Hall–Kier alpha value is -1.03. The van der Waals surface area contributed by atoms with Crippen molar-refractivity contribution in [2.45, 2.75) is 31.6 Å². The van der Waals surface area contributed by atoms with Gasteiger partial charge in [0.05, 0.1) is 6.42 Å². The number of halogens is 1. The molecule has 3 nitrogen and oxygen atoms in total. The number of hydrogen-bond donors (Lipinski definition) is 2. The molecule has 1 aliphatic carbocycles. The van der Waals surface area contributed by atoms with Crippen molar-refractivity contribution in [3.8, 4) is 5.75 Å². The fourth-order valence-electron chi connectivity index (χ4n) is 1.98. The van der Waals surface area contributed by atoms with Crippen molar-refractivity contribution in [3.63, 3.8) is 0 Å². The van der Waals surface area contributed by atoms with Gasteiger partial charge in [0.25, 0.3) is 0 Å². The van der Waals surface area contributed by atoms with Gasteiger partial charge in [0, 0.05) is 15.5 Å². The van der Waals surface area contributed by atoms with Crippen molar-refractivity contribution >= 4 is 21.9 Å². The quantitative estimate of drug-likeness (QED) is 0.897. The molecule has 0 bridgehead atoms. The minimum Gasteiger partial charge on any atom is -0.508 e. The van der Waals surface area contributed by atoms with Gasteiger partial charge in [0.2, 0.25) is 0 Å². The molecule has 0 aliphatic heterocycles. The van der Waals surface area contributed by atoms with E-state index >= 15 is 0 Å². The molecule has 0 radical (unpaired) electrons. The van der Waals surface area contributed by atoms with Gasteiger partial charge in [-0.15, -0.1) is 0 Å². The summed E-state index contributed by atoms with van der Waals surface area (Å²) in [5, 5.41) is 18.6. The maximum atomic E-state index is 10.8. The van der Waals surface area contributed by atoms with Crippen LogP contribution in [0.2, 0.25) is 0 Å². The number of hydrogen-bond acceptors (Lipinski definition) is 2. The number of rotatable bonds is 3. The van der Waals surface area contributed by atoms with Gasteiger partial charge in [-0.05, 0) is 37.5 Å². The summed E-state index contributed by atoms with van der Waals surface area (Å²) in [7, 11) is 0. The van der Waals surface area contributed by atoms with Gasteiger partial charge in [-0.2, -0.15) is 0 Å². The number of aliphatic carboxylic acids is 1. The average molecular weight is 285 g/mol. The first-order valence-corrected chi connectivity index (χ1v) is 5.95. The second-order valence-corrected chi connectivity index (χ2v) is 5.31. The highest BCUT2D eigenvalue weighted by molar-refractivity contribution is 9.10. The van der Waals surface area contributed by atoms with Crippen LogP contribution in [-0.4, -0.2) is 16.2 Å². The van der Waals surface area contributed by atoms with E-state index < -0.39 is 5.97 Å². The van der Waals surface area contributed by atoms with Crippen LogP contribution in [0.1, 0.15) is 30.4 Å². The molecule has 0 atom stereocenters. The molecule has 0 unspecified atom stereocenters. The maximum absolute atomic E-state index is 10.8. The molecule has 0 saturated heterocycles. The molecule has 0 aromatic heterocycles. The summed E-state index contributed by atoms with van der Waals surface area (Å²) in [6.07, 6.45) is 1.91. The lowest BCUT2D eigenvalue weighted by molar-refractivity contribution is -0.137. The Morgan fingerprint density at radius 1 is 1.50 bits per heavy atom. The largest absolute Gasteiger partial charge is 0.508 e. The average Bonchev–Trinajstić information content (AvgIpc) is 2.93. The van der Waals surface area contributed by atoms with Crippen molar-refractivity contribution in [3.05, 3.63) is 27.7 Å². The summed E-state index contributed by atoms with van der Waals surface area (Å²) in [6, 6.07) is 3.61. The Kier molecular flexibility index (Phi) is 2.70. The van der Waals surface area contributed by atoms with Gasteiger partial charge in [0.15, 0.2) is 0 Å². The summed E-state index contributed by atoms with van der Waals surface area (Å²) in [5.74, 6) is -0.560. The van der Waals surface area contributed by atoms with Crippen LogP contribution in [0.25, 0.3) is 0 Å². The molecule has 16 heavy (non-hydrogen) atoms. The third kappa shape index (κ3) is 1.94. The van der Waals surface area contributed by atoms with Crippen molar-refractivity contribution in [2.24, 2.45) is 0 Å². The zero-order chi connectivity index (χ0) is 11.9. The van der Waals surface area contributed by atoms with E-state index in [1.54, 1.807) is 6.07 Å². The third-order valence-electron chi connectivity index (χ3n) is 3.27. The topological polar surface area (TPSA) is 57.5 Å². The van der Waals surface area contributed by atoms with Gasteiger partial charge in [-0.1, -0.05) is 15.9 Å². The van der Waals surface area contributed by atoms with Gasteiger partial charge >= 0.3 is 5.97 Å². The van der Waals surface area contributed by atoms with Gasteiger partial charge in [-0.25, -0.2) is 0 Å². The predicted molar refractivity (Wildman–Crippen MR) is 63.7 cm³/mol. The van der Waals surface area contributed by atoms with Gasteiger partial charge in [0.1, 0.15) is 5.75 Å². The fraction of sp³-hybridized carbons (Fsp3) is 0.417. The Balaban J connectivity index is 2.38. The number of aromatic hydroxyl groups is 1. The summed E-state index contributed by atoms with van der Waals surface area (Å²) in [5.41, 5.74) is 1.46. The Labute approximate surface area is 102 Å². The van der Waals surface area contributed by atoms with Crippen LogP contribution < -0.4 is 0 Å². The fourth-order valence-corrected chi connectivity index (χ4v) is 2.43. The molecule has 1 saturated carbocycles. The van der Waals surface area contributed by atoms with Gasteiger partial charge < -0.3 is 10.2 Å². The molecule has 1 aliphatic rings. The van der Waals surface area contributed by atoms with E-state index in [4.69, 9.17) is 5.11 Å². The van der Waals surface area contributed by atoms with E-state index in [-0.39, 0.29) is 17.6 Å². The third-order valence-corrected chi connectivity index (χ3v) is 4.10. The molecule has 2 rings (SSSR count). The Morgan fingerprint density at radius 3 is 2.56 bits per heavy atom. The molecule has 86 valence electrons. The molecule has 2 N–H and O–H groups in total. The van der Waals surface area contributed by atoms with Crippen LogP contribution >= 0.6 is 15.9 Å². The SMILES string of the molecule is Cc1c(O)cc(C2(CC(=O)O)CC2)cc1Br. The molecular weight excluding hydrogens is 272 g/mol. The number of carbonyl (C=O) groups is 1. The zero-order valence-corrected chi connectivity index (χ0v) is 10.5. The smallest absolute Gasteiger partial charge is 0.304 e. The molecule has 0 amide bonds. The predicted octanol–water partition coefficient (Wildman–Crippen LogP) is 2.97. The first-order chi connectivity index (χ1) is 7.44. The van der Waals surface area contributed by atoms with Crippen LogP contribution in [0, 0.1) is 6.92 Å². The maximum Gasteiger partial charge on any atom is 0.304 e. The van der Waals surface area contributed by atoms with E-state index in [9.17, 15) is 9.90 Å². The summed E-state index contributed by atoms with van der Waals surface area (Å²) in [4.78, 5) is 10.8. The van der Waals surface area contributed by atoms with Crippen molar-refractivity contribution in [1.82, 2.24) is 0 Å². The molecule has 0 heterocycles. The van der Waals surface area contributed by atoms with E-state index in [0.29, 0.717) is 0 Å². The lowest BCUT2D eigenvalue weighted by Crippen LogP contribution is -2.13. The normalized spacial score (nSPS) is 17.1. The van der Waals surface area contributed by atoms with Gasteiger partial charge in [-0.3, -0.25) is 4.79 Å². The number of phenolic OH excluding ortho intramolecular Hbond substituents is 1.